The Morgan fingerprint density at radius 1 is 0.947 bits per heavy atom. The third-order valence-electron chi connectivity index (χ3n) is 3.82. The third-order valence-corrected chi connectivity index (χ3v) is 4.78. The molecule has 0 radical (unpaired) electrons. The Bertz CT molecular complexity index is 530. The molecular formula is C18H23Br. The highest BCUT2D eigenvalue weighted by Crippen LogP contribution is 2.34. The number of hydrogen-bond donors (Lipinski definition) is 0. The lowest BCUT2D eigenvalue weighted by Crippen LogP contribution is -1.93. The molecule has 0 aliphatic carbocycles. The molecular weight excluding hydrogens is 296 g/mol. The molecule has 0 bridgehead atoms. The monoisotopic (exact) mass is 318 g/mol. The van der Waals surface area contributed by atoms with E-state index in [-0.39, 0.29) is 0 Å². The maximum Gasteiger partial charge on any atom is 0.0401 e. The molecule has 0 amide bonds. The molecule has 102 valence electrons. The van der Waals surface area contributed by atoms with Gasteiger partial charge in [0.05, 0.1) is 0 Å². The van der Waals surface area contributed by atoms with E-state index in [0.29, 0.717) is 4.83 Å². The van der Waals surface area contributed by atoms with E-state index < -0.39 is 0 Å². The summed E-state index contributed by atoms with van der Waals surface area (Å²) in [6.45, 7) is 4.45. The second-order valence-corrected chi connectivity index (χ2v) is 6.44. The molecule has 0 aliphatic rings. The van der Waals surface area contributed by atoms with Crippen LogP contribution < -0.4 is 0 Å². The Balaban J connectivity index is 2.18. The molecule has 0 saturated heterocycles. The van der Waals surface area contributed by atoms with Crippen LogP contribution in [0, 0.1) is 6.92 Å². The summed E-state index contributed by atoms with van der Waals surface area (Å²) in [5.41, 5.74) is 2.81. The van der Waals surface area contributed by atoms with E-state index >= 15 is 0 Å². The van der Waals surface area contributed by atoms with Gasteiger partial charge in [-0.2, -0.15) is 0 Å². The Kier molecular flexibility index (Phi) is 5.45. The van der Waals surface area contributed by atoms with Crippen molar-refractivity contribution in [1.29, 1.82) is 0 Å². The Morgan fingerprint density at radius 3 is 2.42 bits per heavy atom. The van der Waals surface area contributed by atoms with Crippen LogP contribution >= 0.6 is 15.9 Å². The first-order valence-electron chi connectivity index (χ1n) is 7.36. The van der Waals surface area contributed by atoms with Crippen molar-refractivity contribution < 1.29 is 0 Å². The summed E-state index contributed by atoms with van der Waals surface area (Å²) < 4.78 is 0. The number of hydrogen-bond acceptors (Lipinski definition) is 0. The summed E-state index contributed by atoms with van der Waals surface area (Å²) in [6.07, 6.45) is 6.55. The fourth-order valence-corrected chi connectivity index (χ4v) is 3.38. The van der Waals surface area contributed by atoms with Crippen LogP contribution in [0.5, 0.6) is 0 Å². The minimum atomic E-state index is 0.481. The molecule has 19 heavy (non-hydrogen) atoms. The lowest BCUT2D eigenvalue weighted by Gasteiger charge is -2.14. The molecule has 0 saturated carbocycles. The zero-order valence-corrected chi connectivity index (χ0v) is 13.5. The first-order chi connectivity index (χ1) is 9.24. The summed E-state index contributed by atoms with van der Waals surface area (Å²) in [6, 6.07) is 13.3. The molecule has 0 heterocycles. The van der Waals surface area contributed by atoms with Crippen molar-refractivity contribution in [3.8, 4) is 0 Å². The van der Waals surface area contributed by atoms with Crippen molar-refractivity contribution in [2.45, 2.75) is 50.8 Å². The molecule has 0 nitrogen and oxygen atoms in total. The first-order valence-corrected chi connectivity index (χ1v) is 8.28. The minimum Gasteiger partial charge on any atom is -0.0839 e. The maximum absolute atomic E-state index is 3.88. The number of aryl methyl sites for hydroxylation is 1. The first kappa shape index (κ1) is 14.6. The van der Waals surface area contributed by atoms with E-state index in [0.717, 1.165) is 0 Å². The van der Waals surface area contributed by atoms with Gasteiger partial charge < -0.3 is 0 Å². The predicted octanol–water partition coefficient (Wildman–Crippen LogP) is 6.55. The molecule has 0 aromatic heterocycles. The topological polar surface area (TPSA) is 0 Å². The van der Waals surface area contributed by atoms with Crippen LogP contribution in [0.15, 0.2) is 36.4 Å². The van der Waals surface area contributed by atoms with Crippen LogP contribution in [-0.2, 0) is 0 Å². The van der Waals surface area contributed by atoms with E-state index in [1.807, 2.05) is 0 Å². The van der Waals surface area contributed by atoms with Crippen molar-refractivity contribution in [3.63, 3.8) is 0 Å². The van der Waals surface area contributed by atoms with Crippen molar-refractivity contribution >= 4 is 26.7 Å². The van der Waals surface area contributed by atoms with Crippen molar-refractivity contribution in [1.82, 2.24) is 0 Å². The number of rotatable bonds is 6. The van der Waals surface area contributed by atoms with Gasteiger partial charge in [-0.1, -0.05) is 84.9 Å². The van der Waals surface area contributed by atoms with E-state index in [1.54, 1.807) is 0 Å². The largest absolute Gasteiger partial charge is 0.0839 e. The van der Waals surface area contributed by atoms with Gasteiger partial charge in [-0.15, -0.1) is 0 Å². The lowest BCUT2D eigenvalue weighted by molar-refractivity contribution is 0.631. The van der Waals surface area contributed by atoms with Gasteiger partial charge in [-0.25, -0.2) is 0 Å². The van der Waals surface area contributed by atoms with E-state index in [2.05, 4.69) is 66.2 Å². The number of unbranched alkanes of at least 4 members (excludes halogenated alkanes) is 3. The van der Waals surface area contributed by atoms with E-state index in [9.17, 15) is 0 Å². The van der Waals surface area contributed by atoms with Crippen molar-refractivity contribution in [2.75, 3.05) is 0 Å². The minimum absolute atomic E-state index is 0.481. The van der Waals surface area contributed by atoms with Gasteiger partial charge in [0.2, 0.25) is 0 Å². The number of halogens is 1. The number of benzene rings is 2. The standard InChI is InChI=1S/C18H23Br/c1-3-4-5-6-11-18(19)17-13-12-14(2)15-9-7-8-10-16(15)17/h7-10,12-13,18H,3-6,11H2,1-2H3. The van der Waals surface area contributed by atoms with Gasteiger partial charge >= 0.3 is 0 Å². The average molecular weight is 319 g/mol. The van der Waals surface area contributed by atoms with Crippen LogP contribution in [0.4, 0.5) is 0 Å². The zero-order valence-electron chi connectivity index (χ0n) is 12.0. The highest BCUT2D eigenvalue weighted by molar-refractivity contribution is 9.09. The summed E-state index contributed by atoms with van der Waals surface area (Å²) in [7, 11) is 0. The SMILES string of the molecule is CCCCCCC(Br)c1ccc(C)c2ccccc12. The van der Waals surface area contributed by atoms with Gasteiger partial charge in [0, 0.05) is 4.83 Å². The molecule has 2 aromatic carbocycles. The number of alkyl halides is 1. The molecule has 1 unspecified atom stereocenters. The van der Waals surface area contributed by atoms with Gasteiger partial charge in [-0.3, -0.25) is 0 Å². The van der Waals surface area contributed by atoms with Crippen LogP contribution in [-0.4, -0.2) is 0 Å². The van der Waals surface area contributed by atoms with Gasteiger partial charge in [0.15, 0.2) is 0 Å². The summed E-state index contributed by atoms with van der Waals surface area (Å²) in [5, 5.41) is 2.79. The molecule has 0 N–H and O–H groups in total. The normalized spacial score (nSPS) is 12.8. The smallest absolute Gasteiger partial charge is 0.0401 e. The van der Waals surface area contributed by atoms with Gasteiger partial charge in [0.1, 0.15) is 0 Å². The Labute approximate surface area is 125 Å². The molecule has 1 atom stereocenters. The zero-order chi connectivity index (χ0) is 13.7. The van der Waals surface area contributed by atoms with Crippen LogP contribution in [0.2, 0.25) is 0 Å². The van der Waals surface area contributed by atoms with Gasteiger partial charge in [0.25, 0.3) is 0 Å². The Hall–Kier alpha value is -0.820. The maximum atomic E-state index is 3.88. The van der Waals surface area contributed by atoms with E-state index in [4.69, 9.17) is 0 Å². The van der Waals surface area contributed by atoms with Crippen LogP contribution in [0.3, 0.4) is 0 Å². The lowest BCUT2D eigenvalue weighted by atomic mass is 9.96. The van der Waals surface area contributed by atoms with Crippen molar-refractivity contribution in [2.24, 2.45) is 0 Å². The van der Waals surface area contributed by atoms with Gasteiger partial charge in [-0.05, 0) is 35.2 Å². The fourth-order valence-electron chi connectivity index (χ4n) is 2.65. The molecule has 2 rings (SSSR count). The molecule has 1 heteroatoms. The average Bonchev–Trinajstić information content (AvgIpc) is 2.44. The number of fused-ring (bicyclic) bond motifs is 1. The highest BCUT2D eigenvalue weighted by Gasteiger charge is 2.11. The second-order valence-electron chi connectivity index (χ2n) is 5.33. The predicted molar refractivity (Wildman–Crippen MR) is 89.1 cm³/mol. The van der Waals surface area contributed by atoms with Crippen LogP contribution in [0.1, 0.15) is 55.0 Å². The molecule has 0 spiro atoms. The molecule has 0 fully saturated rings. The van der Waals surface area contributed by atoms with Crippen LogP contribution in [0.25, 0.3) is 10.8 Å². The quantitative estimate of drug-likeness (QED) is 0.418. The van der Waals surface area contributed by atoms with E-state index in [1.165, 1.54) is 54.0 Å². The Morgan fingerprint density at radius 2 is 1.68 bits per heavy atom. The highest BCUT2D eigenvalue weighted by atomic mass is 79.9. The fraction of sp³-hybridized carbons (Fsp3) is 0.444. The van der Waals surface area contributed by atoms with Crippen molar-refractivity contribution in [3.05, 3.63) is 47.5 Å². The molecule has 2 aromatic rings. The summed E-state index contributed by atoms with van der Waals surface area (Å²) in [4.78, 5) is 0.481. The molecule has 0 aliphatic heterocycles. The summed E-state index contributed by atoms with van der Waals surface area (Å²) >= 11 is 3.88. The summed E-state index contributed by atoms with van der Waals surface area (Å²) in [5.74, 6) is 0. The second kappa shape index (κ2) is 7.09. The third kappa shape index (κ3) is 3.60.